The number of hydrogen-bond donors (Lipinski definition) is 0. The Morgan fingerprint density at radius 2 is 2.17 bits per heavy atom. The highest BCUT2D eigenvalue weighted by atomic mass is 79.9. The van der Waals surface area contributed by atoms with Gasteiger partial charge in [-0.25, -0.2) is 0 Å². The number of halogens is 4. The molecule has 8 heteroatoms. The number of alkyl halides is 3. The molecule has 1 aliphatic rings. The molecule has 4 nitrogen and oxygen atoms in total. The number of nitrogens with zero attached hydrogens (tertiary/aromatic N) is 2. The Kier molecular flexibility index (Phi) is 4.61. The van der Waals surface area contributed by atoms with Crippen LogP contribution < -0.4 is 0 Å². The molecule has 3 rings (SSSR count). The van der Waals surface area contributed by atoms with Gasteiger partial charge in [-0.3, -0.25) is 4.79 Å². The van der Waals surface area contributed by atoms with Crippen molar-refractivity contribution in [2.45, 2.75) is 25.7 Å². The number of fused-ring (bicyclic) bond motifs is 1. The Labute approximate surface area is 145 Å². The minimum absolute atomic E-state index is 0.0830. The smallest absolute Gasteiger partial charge is 0.375 e. The molecule has 1 amide bonds. The summed E-state index contributed by atoms with van der Waals surface area (Å²) in [5.41, 5.74) is 0.669. The van der Waals surface area contributed by atoms with E-state index >= 15 is 0 Å². The predicted molar refractivity (Wildman–Crippen MR) is 87.0 cm³/mol. The summed E-state index contributed by atoms with van der Waals surface area (Å²) in [7, 11) is 0. The largest absolute Gasteiger partial charge is 0.406 e. The lowest BCUT2D eigenvalue weighted by Crippen LogP contribution is -2.44. The van der Waals surface area contributed by atoms with E-state index in [1.807, 2.05) is 6.92 Å². The number of morpholine rings is 1. The number of ether oxygens (including phenoxy) is 1. The van der Waals surface area contributed by atoms with Gasteiger partial charge in [0.25, 0.3) is 5.91 Å². The highest BCUT2D eigenvalue weighted by molar-refractivity contribution is 9.10. The molecule has 130 valence electrons. The minimum atomic E-state index is -4.36. The third kappa shape index (κ3) is 3.59. The molecule has 0 N–H and O–H groups in total. The van der Waals surface area contributed by atoms with E-state index in [1.54, 1.807) is 23.1 Å². The van der Waals surface area contributed by atoms with Crippen LogP contribution in [0.1, 0.15) is 17.3 Å². The summed E-state index contributed by atoms with van der Waals surface area (Å²) in [5, 5.41) is 0.520. The summed E-state index contributed by atoms with van der Waals surface area (Å²) in [4.78, 5) is 14.4. The Balaban J connectivity index is 2.02. The van der Waals surface area contributed by atoms with Crippen molar-refractivity contribution in [3.63, 3.8) is 0 Å². The zero-order chi connectivity index (χ0) is 17.5. The van der Waals surface area contributed by atoms with E-state index in [1.165, 1.54) is 6.20 Å². The topological polar surface area (TPSA) is 34.5 Å². The van der Waals surface area contributed by atoms with Crippen LogP contribution in [-0.2, 0) is 11.3 Å². The molecule has 1 fully saturated rings. The molecule has 0 radical (unpaired) electrons. The van der Waals surface area contributed by atoms with E-state index in [0.717, 1.165) is 4.57 Å². The van der Waals surface area contributed by atoms with Gasteiger partial charge in [0.05, 0.1) is 23.8 Å². The fourth-order valence-corrected chi connectivity index (χ4v) is 3.28. The predicted octanol–water partition coefficient (Wildman–Crippen LogP) is 3.83. The van der Waals surface area contributed by atoms with Gasteiger partial charge >= 0.3 is 6.18 Å². The molecule has 2 heterocycles. The highest BCUT2D eigenvalue weighted by Crippen LogP contribution is 2.29. The third-order valence-electron chi connectivity index (χ3n) is 3.95. The molecule has 2 aromatic rings. The maximum Gasteiger partial charge on any atom is 0.406 e. The molecule has 1 aromatic heterocycles. The Bertz CT molecular complexity index is 773. The second-order valence-corrected chi connectivity index (χ2v) is 6.80. The summed E-state index contributed by atoms with van der Waals surface area (Å²) in [6.45, 7) is 2.03. The second kappa shape index (κ2) is 6.40. The maximum atomic E-state index is 12.8. The van der Waals surface area contributed by atoms with Crippen molar-refractivity contribution in [1.29, 1.82) is 0 Å². The van der Waals surface area contributed by atoms with Crippen molar-refractivity contribution < 1.29 is 22.7 Å². The van der Waals surface area contributed by atoms with E-state index in [-0.39, 0.29) is 17.6 Å². The van der Waals surface area contributed by atoms with Crippen molar-refractivity contribution in [2.24, 2.45) is 0 Å². The minimum Gasteiger partial charge on any atom is -0.375 e. The molecule has 0 saturated carbocycles. The van der Waals surface area contributed by atoms with Gasteiger partial charge in [0.1, 0.15) is 6.54 Å². The number of aromatic nitrogens is 1. The lowest BCUT2D eigenvalue weighted by Gasteiger charge is -2.31. The molecule has 1 saturated heterocycles. The van der Waals surface area contributed by atoms with Crippen LogP contribution >= 0.6 is 15.9 Å². The Morgan fingerprint density at radius 1 is 1.42 bits per heavy atom. The molecule has 0 spiro atoms. The van der Waals surface area contributed by atoms with Crippen LogP contribution in [0.25, 0.3) is 10.9 Å². The average molecular weight is 405 g/mol. The van der Waals surface area contributed by atoms with Crippen molar-refractivity contribution in [3.8, 4) is 0 Å². The monoisotopic (exact) mass is 404 g/mol. The number of hydrogen-bond acceptors (Lipinski definition) is 2. The first-order valence-corrected chi connectivity index (χ1v) is 8.30. The van der Waals surface area contributed by atoms with Gasteiger partial charge in [0.2, 0.25) is 0 Å². The van der Waals surface area contributed by atoms with Gasteiger partial charge in [-0.2, -0.15) is 13.2 Å². The molecular weight excluding hydrogens is 389 g/mol. The number of amides is 1. The number of carbonyl (C=O) groups excluding carboxylic acids is 1. The molecule has 1 aromatic carbocycles. The van der Waals surface area contributed by atoms with Gasteiger partial charge in [-0.15, -0.1) is 0 Å². The van der Waals surface area contributed by atoms with E-state index < -0.39 is 12.7 Å². The molecule has 24 heavy (non-hydrogen) atoms. The normalized spacial score (nSPS) is 19.0. The second-order valence-electron chi connectivity index (χ2n) is 5.88. The molecule has 1 unspecified atom stereocenters. The van der Waals surface area contributed by atoms with Gasteiger partial charge in [0.15, 0.2) is 0 Å². The molecule has 0 aliphatic carbocycles. The first kappa shape index (κ1) is 17.3. The quantitative estimate of drug-likeness (QED) is 0.762. The number of rotatable bonds is 2. The van der Waals surface area contributed by atoms with Crippen LogP contribution in [0.3, 0.4) is 0 Å². The van der Waals surface area contributed by atoms with Gasteiger partial charge in [-0.05, 0) is 19.1 Å². The molecule has 1 atom stereocenters. The number of carbonyl (C=O) groups is 1. The fraction of sp³-hybridized carbons (Fsp3) is 0.438. The van der Waals surface area contributed by atoms with Crippen LogP contribution in [0.5, 0.6) is 0 Å². The third-order valence-corrected chi connectivity index (χ3v) is 4.45. The molecule has 1 aliphatic heterocycles. The van der Waals surface area contributed by atoms with Gasteiger partial charge < -0.3 is 14.2 Å². The lowest BCUT2D eigenvalue weighted by atomic mass is 10.1. The molecular formula is C16H16BrF3N2O2. The summed E-state index contributed by atoms with van der Waals surface area (Å²) in [6, 6.07) is 4.99. The standard InChI is InChI=1S/C16H16BrF3N2O2/c1-10-7-21(4-5-24-10)15(23)13-8-22(9-16(18,19)20)14-6-11(17)2-3-12(13)14/h2-3,6,8,10H,4-5,7,9H2,1H3. The highest BCUT2D eigenvalue weighted by Gasteiger charge is 2.31. The van der Waals surface area contributed by atoms with Gasteiger partial charge in [0, 0.05) is 29.1 Å². The van der Waals surface area contributed by atoms with Crippen LogP contribution in [-0.4, -0.2) is 47.4 Å². The first-order chi connectivity index (χ1) is 11.2. The van der Waals surface area contributed by atoms with Gasteiger partial charge in [-0.1, -0.05) is 22.0 Å². The average Bonchev–Trinajstić information content (AvgIpc) is 2.82. The van der Waals surface area contributed by atoms with Crippen LogP contribution in [0.15, 0.2) is 28.9 Å². The zero-order valence-corrected chi connectivity index (χ0v) is 14.5. The van der Waals surface area contributed by atoms with E-state index in [9.17, 15) is 18.0 Å². The summed E-state index contributed by atoms with van der Waals surface area (Å²) < 4.78 is 45.7. The zero-order valence-electron chi connectivity index (χ0n) is 12.9. The van der Waals surface area contributed by atoms with E-state index in [4.69, 9.17) is 4.74 Å². The Hall–Kier alpha value is -1.54. The summed E-state index contributed by atoms with van der Waals surface area (Å²) in [5.74, 6) is -0.265. The lowest BCUT2D eigenvalue weighted by molar-refractivity contribution is -0.139. The summed E-state index contributed by atoms with van der Waals surface area (Å²) >= 11 is 3.27. The van der Waals surface area contributed by atoms with Crippen molar-refractivity contribution in [1.82, 2.24) is 9.47 Å². The first-order valence-electron chi connectivity index (χ1n) is 7.50. The van der Waals surface area contributed by atoms with Crippen LogP contribution in [0.2, 0.25) is 0 Å². The van der Waals surface area contributed by atoms with Crippen molar-refractivity contribution in [2.75, 3.05) is 19.7 Å². The SMILES string of the molecule is CC1CN(C(=O)c2cn(CC(F)(F)F)c3cc(Br)ccc23)CCO1. The van der Waals surface area contributed by atoms with Crippen LogP contribution in [0.4, 0.5) is 13.2 Å². The van der Waals surface area contributed by atoms with Crippen molar-refractivity contribution >= 4 is 32.7 Å². The van der Waals surface area contributed by atoms with Crippen molar-refractivity contribution in [3.05, 3.63) is 34.4 Å². The molecule has 0 bridgehead atoms. The summed E-state index contributed by atoms with van der Waals surface area (Å²) in [6.07, 6.45) is -3.14. The van der Waals surface area contributed by atoms with E-state index in [2.05, 4.69) is 15.9 Å². The maximum absolute atomic E-state index is 12.8. The fourth-order valence-electron chi connectivity index (χ4n) is 2.93. The van der Waals surface area contributed by atoms with E-state index in [0.29, 0.717) is 35.1 Å². The number of benzene rings is 1. The Morgan fingerprint density at radius 3 is 2.83 bits per heavy atom. The van der Waals surface area contributed by atoms with Crippen LogP contribution in [0, 0.1) is 0 Å².